The topological polar surface area (TPSA) is 26.3 Å². The molecule has 0 aliphatic carbocycles. The van der Waals surface area contributed by atoms with E-state index in [-0.39, 0.29) is 17.7 Å². The highest BCUT2D eigenvalue weighted by molar-refractivity contribution is 5.81. The van der Waals surface area contributed by atoms with Crippen LogP contribution in [0.3, 0.4) is 0 Å². The summed E-state index contributed by atoms with van der Waals surface area (Å²) in [5.74, 6) is -0.368. The Bertz CT molecular complexity index is 226. The van der Waals surface area contributed by atoms with Crippen molar-refractivity contribution in [2.75, 3.05) is 14.1 Å². The fraction of sp³-hybridized carbons (Fsp3) is 0.727. The second-order valence-corrected chi connectivity index (χ2v) is 4.95. The summed E-state index contributed by atoms with van der Waals surface area (Å²) in [6.45, 7) is 11.6. The fourth-order valence-electron chi connectivity index (χ4n) is 0.893. The minimum Gasteiger partial charge on any atom is -0.410 e. The van der Waals surface area contributed by atoms with Crippen molar-refractivity contribution in [1.29, 1.82) is 0 Å². The highest BCUT2D eigenvalue weighted by atomic mass is 16.6. The Morgan fingerprint density at radius 2 is 1.86 bits per heavy atom. The summed E-state index contributed by atoms with van der Waals surface area (Å²) in [6, 6.07) is 0. The smallest absolute Gasteiger partial charge is 0.334 e. The lowest BCUT2D eigenvalue weighted by atomic mass is 10.0. The third-order valence-corrected chi connectivity index (χ3v) is 3.09. The van der Waals surface area contributed by atoms with E-state index in [2.05, 4.69) is 27.4 Å². The zero-order valence-electron chi connectivity index (χ0n) is 10.1. The third kappa shape index (κ3) is 2.84. The summed E-state index contributed by atoms with van der Waals surface area (Å²) in [6.07, 6.45) is 1.01. The first-order valence-electron chi connectivity index (χ1n) is 4.79. The van der Waals surface area contributed by atoms with Gasteiger partial charge in [-0.1, -0.05) is 6.58 Å². The van der Waals surface area contributed by atoms with Crippen molar-refractivity contribution in [3.05, 3.63) is 12.7 Å². The average Bonchev–Trinajstić information content (AvgIpc) is 2.01. The minimum absolute atomic E-state index is 0.0286. The van der Waals surface area contributed by atoms with Crippen molar-refractivity contribution in [2.24, 2.45) is 0 Å². The van der Waals surface area contributed by atoms with Crippen LogP contribution in [0.5, 0.6) is 0 Å². The van der Waals surface area contributed by atoms with Gasteiger partial charge < -0.3 is 4.74 Å². The van der Waals surface area contributed by atoms with Crippen molar-refractivity contribution in [2.45, 2.75) is 39.5 Å². The molecule has 0 saturated carbocycles. The molecule has 1 unspecified atom stereocenters. The van der Waals surface area contributed by atoms with E-state index in [0.717, 1.165) is 0 Å². The SMILES string of the molecule is C=CC(=O)OC(C)[N+](C)(C)C(C)(C)C. The van der Waals surface area contributed by atoms with Crippen LogP contribution >= 0.6 is 0 Å². The Hall–Kier alpha value is -0.830. The zero-order chi connectivity index (χ0) is 11.6. The lowest BCUT2D eigenvalue weighted by Crippen LogP contribution is -2.60. The Kier molecular flexibility index (Phi) is 3.89. The molecule has 0 saturated heterocycles. The molecular weight excluding hydrogens is 178 g/mol. The molecule has 14 heavy (non-hydrogen) atoms. The summed E-state index contributed by atoms with van der Waals surface area (Å²) < 4.78 is 5.82. The van der Waals surface area contributed by atoms with Crippen LogP contribution in [0.2, 0.25) is 0 Å². The third-order valence-electron chi connectivity index (χ3n) is 3.09. The monoisotopic (exact) mass is 200 g/mol. The summed E-state index contributed by atoms with van der Waals surface area (Å²) in [4.78, 5) is 11.0. The van der Waals surface area contributed by atoms with Crippen molar-refractivity contribution < 1.29 is 14.0 Å². The van der Waals surface area contributed by atoms with Gasteiger partial charge in [-0.15, -0.1) is 0 Å². The Morgan fingerprint density at radius 3 is 2.14 bits per heavy atom. The van der Waals surface area contributed by atoms with Crippen molar-refractivity contribution in [1.82, 2.24) is 0 Å². The van der Waals surface area contributed by atoms with E-state index < -0.39 is 0 Å². The predicted molar refractivity (Wildman–Crippen MR) is 57.6 cm³/mol. The first-order chi connectivity index (χ1) is 6.13. The van der Waals surface area contributed by atoms with Crippen molar-refractivity contribution in [3.63, 3.8) is 0 Å². The normalized spacial score (nSPS) is 14.7. The molecule has 0 rings (SSSR count). The summed E-state index contributed by atoms with van der Waals surface area (Å²) in [5, 5.41) is 0. The second kappa shape index (κ2) is 4.13. The van der Waals surface area contributed by atoms with E-state index in [1.165, 1.54) is 6.08 Å². The van der Waals surface area contributed by atoms with Crippen LogP contribution in [0.25, 0.3) is 0 Å². The summed E-state index contributed by atoms with van der Waals surface area (Å²) in [7, 11) is 4.09. The number of hydrogen-bond acceptors (Lipinski definition) is 2. The van der Waals surface area contributed by atoms with Crippen LogP contribution in [-0.2, 0) is 9.53 Å². The molecule has 0 bridgehead atoms. The second-order valence-electron chi connectivity index (χ2n) is 4.95. The number of esters is 1. The quantitative estimate of drug-likeness (QED) is 0.301. The molecule has 1 atom stereocenters. The van der Waals surface area contributed by atoms with Crippen LogP contribution in [0, 0.1) is 0 Å². The maximum absolute atomic E-state index is 11.0. The molecule has 0 aromatic carbocycles. The largest absolute Gasteiger partial charge is 0.410 e. The van der Waals surface area contributed by atoms with Gasteiger partial charge in [0.2, 0.25) is 6.23 Å². The van der Waals surface area contributed by atoms with Gasteiger partial charge >= 0.3 is 5.97 Å². The number of nitrogens with zero attached hydrogens (tertiary/aromatic N) is 1. The molecule has 0 fully saturated rings. The van der Waals surface area contributed by atoms with Gasteiger partial charge in [0, 0.05) is 13.0 Å². The van der Waals surface area contributed by atoms with Crippen molar-refractivity contribution >= 4 is 5.97 Å². The number of ether oxygens (including phenoxy) is 1. The first-order valence-corrected chi connectivity index (χ1v) is 4.79. The van der Waals surface area contributed by atoms with Crippen LogP contribution < -0.4 is 0 Å². The molecular formula is C11H22NO2+. The van der Waals surface area contributed by atoms with E-state index in [9.17, 15) is 4.79 Å². The van der Waals surface area contributed by atoms with E-state index >= 15 is 0 Å². The molecule has 0 aliphatic heterocycles. The van der Waals surface area contributed by atoms with Crippen LogP contribution in [0.15, 0.2) is 12.7 Å². The molecule has 82 valence electrons. The number of hydrogen-bond donors (Lipinski definition) is 0. The standard InChI is InChI=1S/C11H22NO2/c1-8-10(13)14-9(2)12(6,7)11(3,4)5/h8-9H,1H2,2-7H3/q+1. The van der Waals surface area contributed by atoms with E-state index in [4.69, 9.17) is 4.74 Å². The van der Waals surface area contributed by atoms with Gasteiger partial charge in [0.25, 0.3) is 0 Å². The molecule has 0 aliphatic rings. The van der Waals surface area contributed by atoms with Gasteiger partial charge in [-0.25, -0.2) is 4.79 Å². The average molecular weight is 200 g/mol. The van der Waals surface area contributed by atoms with Gasteiger partial charge in [-0.3, -0.25) is 4.48 Å². The molecule has 3 nitrogen and oxygen atoms in total. The van der Waals surface area contributed by atoms with Gasteiger partial charge in [-0.2, -0.15) is 0 Å². The molecule has 0 spiro atoms. The van der Waals surface area contributed by atoms with Crippen LogP contribution in [0.1, 0.15) is 27.7 Å². The van der Waals surface area contributed by atoms with Crippen LogP contribution in [0.4, 0.5) is 0 Å². The van der Waals surface area contributed by atoms with E-state index in [1.54, 1.807) is 0 Å². The Morgan fingerprint density at radius 1 is 1.43 bits per heavy atom. The fourth-order valence-corrected chi connectivity index (χ4v) is 0.893. The van der Waals surface area contributed by atoms with Crippen LogP contribution in [-0.4, -0.2) is 36.3 Å². The van der Waals surface area contributed by atoms with Gasteiger partial charge in [-0.05, 0) is 20.8 Å². The molecule has 0 N–H and O–H groups in total. The maximum Gasteiger partial charge on any atom is 0.334 e. The molecule has 0 amide bonds. The zero-order valence-corrected chi connectivity index (χ0v) is 10.1. The summed E-state index contributed by atoms with van der Waals surface area (Å²) >= 11 is 0. The van der Waals surface area contributed by atoms with Crippen molar-refractivity contribution in [3.8, 4) is 0 Å². The number of quaternary nitrogens is 1. The molecule has 3 heteroatoms. The lowest BCUT2D eigenvalue weighted by molar-refractivity contribution is -0.974. The van der Waals surface area contributed by atoms with Gasteiger partial charge in [0.05, 0.1) is 19.6 Å². The predicted octanol–water partition coefficient (Wildman–Crippen LogP) is 1.94. The maximum atomic E-state index is 11.0. The van der Waals surface area contributed by atoms with Gasteiger partial charge in [0.1, 0.15) is 0 Å². The Balaban J connectivity index is 4.59. The number of rotatable bonds is 3. The summed E-state index contributed by atoms with van der Waals surface area (Å²) in [5.41, 5.74) is 0.0286. The highest BCUT2D eigenvalue weighted by Crippen LogP contribution is 2.23. The minimum atomic E-state index is -0.368. The first kappa shape index (κ1) is 13.2. The number of carbonyl (C=O) groups is 1. The number of carbonyl (C=O) groups excluding carboxylic acids is 1. The van der Waals surface area contributed by atoms with Gasteiger partial charge in [0.15, 0.2) is 0 Å². The Labute approximate surface area is 86.9 Å². The molecule has 0 aromatic heterocycles. The van der Waals surface area contributed by atoms with E-state index in [0.29, 0.717) is 4.48 Å². The molecule has 0 aromatic rings. The molecule has 0 heterocycles. The highest BCUT2D eigenvalue weighted by Gasteiger charge is 2.38. The lowest BCUT2D eigenvalue weighted by Gasteiger charge is -2.45. The molecule has 0 radical (unpaired) electrons. The van der Waals surface area contributed by atoms with E-state index in [1.807, 2.05) is 21.0 Å².